The van der Waals surface area contributed by atoms with Crippen molar-refractivity contribution >= 4 is 44.1 Å². The standard InChI is InChI=1S/C23H17FN4O6S/c24-13-5-7-15(8-6-13)35(33,34)25-12-14-11-20(25)21-22(29)27(23(30)26(14)21)18-9-10-19(28(31)32)17-4-2-1-3-16(17)18/h1-10,14,20-21H,11-12H2/t14?,20?,21-/m1/s1. The van der Waals surface area contributed by atoms with Crippen LogP contribution in [0.1, 0.15) is 6.42 Å². The van der Waals surface area contributed by atoms with Gasteiger partial charge in [-0.15, -0.1) is 0 Å². The Morgan fingerprint density at radius 1 is 0.971 bits per heavy atom. The summed E-state index contributed by atoms with van der Waals surface area (Å²) in [6, 6.07) is 10.7. The molecular weight excluding hydrogens is 479 g/mol. The number of rotatable bonds is 4. The summed E-state index contributed by atoms with van der Waals surface area (Å²) in [6.07, 6.45) is 0.317. The summed E-state index contributed by atoms with van der Waals surface area (Å²) in [5.41, 5.74) is 0.0588. The summed E-state index contributed by atoms with van der Waals surface area (Å²) < 4.78 is 41.0. The molecule has 0 N–H and O–H groups in total. The quantitative estimate of drug-likeness (QED) is 0.311. The molecule has 35 heavy (non-hydrogen) atoms. The largest absolute Gasteiger partial charge is 0.332 e. The SMILES string of the molecule is O=C1[C@H]2C3CC(CN3S(=O)(=O)c3ccc(F)cc3)N2C(=O)N1c1ccc([N+](=O)[O-])c2ccccc12. The summed E-state index contributed by atoms with van der Waals surface area (Å²) in [4.78, 5) is 40.2. The lowest BCUT2D eigenvalue weighted by Crippen LogP contribution is -2.54. The maximum Gasteiger partial charge on any atom is 0.332 e. The van der Waals surface area contributed by atoms with E-state index in [4.69, 9.17) is 0 Å². The molecule has 0 spiro atoms. The minimum absolute atomic E-state index is 0.0226. The number of hydrogen-bond donors (Lipinski definition) is 0. The molecule has 2 bridgehead atoms. The molecule has 3 saturated heterocycles. The van der Waals surface area contributed by atoms with Crippen molar-refractivity contribution in [3.8, 4) is 0 Å². The second-order valence-electron chi connectivity index (χ2n) is 8.70. The number of halogens is 1. The lowest BCUT2D eigenvalue weighted by molar-refractivity contribution is -0.383. The van der Waals surface area contributed by atoms with Crippen molar-refractivity contribution in [2.24, 2.45) is 0 Å². The molecule has 6 rings (SSSR count). The molecule has 3 aliphatic rings. The topological polar surface area (TPSA) is 121 Å². The van der Waals surface area contributed by atoms with Crippen LogP contribution in [0.15, 0.2) is 65.6 Å². The Balaban J connectivity index is 1.39. The van der Waals surface area contributed by atoms with Crippen molar-refractivity contribution < 1.29 is 27.3 Å². The van der Waals surface area contributed by atoms with Gasteiger partial charge in [0.1, 0.15) is 11.9 Å². The van der Waals surface area contributed by atoms with Gasteiger partial charge in [0.05, 0.1) is 26.9 Å². The lowest BCUT2D eigenvalue weighted by atomic mass is 10.1. The van der Waals surface area contributed by atoms with Crippen molar-refractivity contribution in [1.29, 1.82) is 0 Å². The predicted molar refractivity (Wildman–Crippen MR) is 122 cm³/mol. The van der Waals surface area contributed by atoms with Crippen molar-refractivity contribution in [3.63, 3.8) is 0 Å². The molecule has 0 radical (unpaired) electrons. The van der Waals surface area contributed by atoms with Gasteiger partial charge in [0.25, 0.3) is 11.6 Å². The van der Waals surface area contributed by atoms with E-state index in [1.165, 1.54) is 33.5 Å². The van der Waals surface area contributed by atoms with Crippen LogP contribution in [0.2, 0.25) is 0 Å². The van der Waals surface area contributed by atoms with E-state index in [-0.39, 0.29) is 28.2 Å². The first-order valence-electron chi connectivity index (χ1n) is 10.8. The van der Waals surface area contributed by atoms with Crippen molar-refractivity contribution in [2.75, 3.05) is 11.4 Å². The number of carbonyl (C=O) groups excluding carboxylic acids is 2. The van der Waals surface area contributed by atoms with Gasteiger partial charge in [-0.1, -0.05) is 18.2 Å². The molecule has 2 unspecified atom stereocenters. The van der Waals surface area contributed by atoms with Crippen LogP contribution >= 0.6 is 0 Å². The molecule has 3 aromatic rings. The maximum atomic E-state index is 13.6. The van der Waals surface area contributed by atoms with E-state index in [0.717, 1.165) is 17.0 Å². The smallest absolute Gasteiger partial charge is 0.306 e. The van der Waals surface area contributed by atoms with E-state index >= 15 is 0 Å². The van der Waals surface area contributed by atoms with Crippen LogP contribution in [0.25, 0.3) is 10.8 Å². The fourth-order valence-corrected chi connectivity index (χ4v) is 7.15. The third-order valence-corrected chi connectivity index (χ3v) is 8.86. The van der Waals surface area contributed by atoms with E-state index in [1.807, 2.05) is 0 Å². The lowest BCUT2D eigenvalue weighted by Gasteiger charge is -2.34. The summed E-state index contributed by atoms with van der Waals surface area (Å²) in [6.45, 7) is 0.0226. The minimum atomic E-state index is -4.01. The Bertz CT molecular complexity index is 1540. The molecule has 12 heteroatoms. The molecule has 3 fully saturated rings. The van der Waals surface area contributed by atoms with Gasteiger partial charge in [-0.3, -0.25) is 14.9 Å². The van der Waals surface area contributed by atoms with E-state index in [2.05, 4.69) is 0 Å². The van der Waals surface area contributed by atoms with Gasteiger partial charge in [-0.05, 0) is 42.8 Å². The Hall–Kier alpha value is -3.90. The normalized spacial score (nSPS) is 24.0. The van der Waals surface area contributed by atoms with Gasteiger partial charge in [0, 0.05) is 24.0 Å². The van der Waals surface area contributed by atoms with E-state index < -0.39 is 50.8 Å². The molecule has 0 saturated carbocycles. The van der Waals surface area contributed by atoms with Crippen LogP contribution in [-0.2, 0) is 14.8 Å². The highest BCUT2D eigenvalue weighted by molar-refractivity contribution is 7.89. The summed E-state index contributed by atoms with van der Waals surface area (Å²) >= 11 is 0. The van der Waals surface area contributed by atoms with Crippen LogP contribution in [0.3, 0.4) is 0 Å². The Morgan fingerprint density at radius 3 is 2.34 bits per heavy atom. The Morgan fingerprint density at radius 2 is 1.66 bits per heavy atom. The first-order valence-corrected chi connectivity index (χ1v) is 12.2. The third-order valence-electron chi connectivity index (χ3n) is 6.95. The number of fused-ring (bicyclic) bond motifs is 6. The van der Waals surface area contributed by atoms with Crippen LogP contribution in [-0.4, -0.2) is 59.2 Å². The van der Waals surface area contributed by atoms with Crippen molar-refractivity contribution in [2.45, 2.75) is 29.4 Å². The van der Waals surface area contributed by atoms with Gasteiger partial charge in [0.15, 0.2) is 0 Å². The number of carbonyl (C=O) groups is 2. The number of piperazine rings is 1. The molecule has 0 aromatic heterocycles. The molecule has 178 valence electrons. The van der Waals surface area contributed by atoms with E-state index in [0.29, 0.717) is 11.8 Å². The molecule has 10 nitrogen and oxygen atoms in total. The molecule has 3 amide bonds. The van der Waals surface area contributed by atoms with Gasteiger partial charge < -0.3 is 4.90 Å². The highest BCUT2D eigenvalue weighted by Crippen LogP contribution is 2.45. The number of anilines is 1. The van der Waals surface area contributed by atoms with E-state index in [9.17, 15) is 32.5 Å². The third kappa shape index (κ3) is 2.93. The highest BCUT2D eigenvalue weighted by atomic mass is 32.2. The van der Waals surface area contributed by atoms with Gasteiger partial charge in [-0.25, -0.2) is 22.5 Å². The minimum Gasteiger partial charge on any atom is -0.306 e. The number of sulfonamides is 1. The second-order valence-corrected chi connectivity index (χ2v) is 10.6. The zero-order valence-electron chi connectivity index (χ0n) is 17.9. The molecule has 3 aliphatic heterocycles. The number of urea groups is 1. The van der Waals surface area contributed by atoms with Crippen LogP contribution in [0.5, 0.6) is 0 Å². The van der Waals surface area contributed by atoms with Crippen molar-refractivity contribution in [3.05, 3.63) is 76.6 Å². The zero-order chi connectivity index (χ0) is 24.6. The van der Waals surface area contributed by atoms with Crippen LogP contribution in [0.4, 0.5) is 20.6 Å². The van der Waals surface area contributed by atoms with Crippen molar-refractivity contribution in [1.82, 2.24) is 9.21 Å². The van der Waals surface area contributed by atoms with E-state index in [1.54, 1.807) is 24.3 Å². The number of hydrogen-bond acceptors (Lipinski definition) is 6. The average molecular weight is 496 g/mol. The fourth-order valence-electron chi connectivity index (χ4n) is 5.48. The Kier molecular flexibility index (Phi) is 4.51. The number of non-ortho nitro benzene ring substituents is 1. The fraction of sp³-hybridized carbons (Fsp3) is 0.217. The first-order chi connectivity index (χ1) is 16.7. The number of nitro groups is 1. The average Bonchev–Trinajstić information content (AvgIpc) is 3.50. The predicted octanol–water partition coefficient (Wildman–Crippen LogP) is 2.87. The summed E-state index contributed by atoms with van der Waals surface area (Å²) in [5, 5.41) is 12.1. The number of imide groups is 1. The maximum absolute atomic E-state index is 13.6. The highest BCUT2D eigenvalue weighted by Gasteiger charge is 2.64. The number of benzene rings is 3. The van der Waals surface area contributed by atoms with Crippen LogP contribution < -0.4 is 4.90 Å². The number of amides is 3. The summed E-state index contributed by atoms with van der Waals surface area (Å²) in [7, 11) is -4.01. The zero-order valence-corrected chi connectivity index (χ0v) is 18.8. The second kappa shape index (κ2) is 7.30. The first kappa shape index (κ1) is 21.6. The van der Waals surface area contributed by atoms with Crippen LogP contribution in [0, 0.1) is 15.9 Å². The monoisotopic (exact) mass is 496 g/mol. The molecule has 3 aromatic carbocycles. The van der Waals surface area contributed by atoms with Gasteiger partial charge in [-0.2, -0.15) is 4.31 Å². The molecule has 3 atom stereocenters. The molecule has 3 heterocycles. The number of nitro benzene ring substituents is 1. The molecular formula is C23H17FN4O6S. The molecule has 0 aliphatic carbocycles. The van der Waals surface area contributed by atoms with Gasteiger partial charge >= 0.3 is 6.03 Å². The summed E-state index contributed by atoms with van der Waals surface area (Å²) in [5.74, 6) is -1.15. The Labute approximate surface area is 198 Å². The number of nitrogens with zero attached hydrogens (tertiary/aromatic N) is 4. The van der Waals surface area contributed by atoms with Gasteiger partial charge in [0.2, 0.25) is 10.0 Å².